The largest absolute Gasteiger partial charge is 0.316 e. The Hall–Kier alpha value is -1.08. The molecule has 0 amide bonds. The summed E-state index contributed by atoms with van der Waals surface area (Å²) in [7, 11) is 1.98. The van der Waals surface area contributed by atoms with Crippen LogP contribution in [0.5, 0.6) is 0 Å². The van der Waals surface area contributed by atoms with Crippen molar-refractivity contribution in [1.29, 1.82) is 0 Å². The maximum Gasteiger partial charge on any atom is 0.0162 e. The maximum atomic E-state index is 3.16. The first-order chi connectivity index (χ1) is 7.61. The molecule has 0 saturated heterocycles. The first-order valence-corrected chi connectivity index (χ1v) is 6.02. The number of hydrogen-bond acceptors (Lipinski definition) is 1. The second-order valence-corrected chi connectivity index (χ2v) is 4.86. The highest BCUT2D eigenvalue weighted by Gasteiger charge is 1.97. The van der Waals surface area contributed by atoms with E-state index in [0.717, 1.165) is 12.5 Å². The van der Waals surface area contributed by atoms with Gasteiger partial charge in [-0.05, 0) is 37.4 Å². The Balaban J connectivity index is 2.67. The lowest BCUT2D eigenvalue weighted by Crippen LogP contribution is -2.08. The van der Waals surface area contributed by atoms with Crippen LogP contribution in [0.25, 0.3) is 6.08 Å². The highest BCUT2D eigenvalue weighted by atomic mass is 14.8. The standard InChI is InChI=1S/C15H23N/c1-12(2)9-14-5-7-15(8-6-14)10-13(3)11-16-4/h5-8,10,12,16H,9,11H2,1-4H3. The van der Waals surface area contributed by atoms with Gasteiger partial charge in [0.15, 0.2) is 0 Å². The Morgan fingerprint density at radius 1 is 1.25 bits per heavy atom. The van der Waals surface area contributed by atoms with Crippen LogP contribution in [-0.4, -0.2) is 13.6 Å². The molecule has 0 unspecified atom stereocenters. The minimum absolute atomic E-state index is 0.729. The summed E-state index contributed by atoms with van der Waals surface area (Å²) < 4.78 is 0. The van der Waals surface area contributed by atoms with Crippen molar-refractivity contribution in [3.63, 3.8) is 0 Å². The molecule has 0 aliphatic heterocycles. The number of hydrogen-bond donors (Lipinski definition) is 1. The van der Waals surface area contributed by atoms with E-state index in [1.165, 1.54) is 23.1 Å². The predicted octanol–water partition coefficient (Wildman–Crippen LogP) is 3.51. The van der Waals surface area contributed by atoms with Gasteiger partial charge in [-0.15, -0.1) is 0 Å². The highest BCUT2D eigenvalue weighted by Crippen LogP contribution is 2.12. The van der Waals surface area contributed by atoms with Crippen LogP contribution in [0.3, 0.4) is 0 Å². The summed E-state index contributed by atoms with van der Waals surface area (Å²) in [5.41, 5.74) is 4.08. The first-order valence-electron chi connectivity index (χ1n) is 6.02. The van der Waals surface area contributed by atoms with Gasteiger partial charge in [-0.25, -0.2) is 0 Å². The van der Waals surface area contributed by atoms with Crippen molar-refractivity contribution in [3.05, 3.63) is 41.0 Å². The molecule has 0 aliphatic rings. The van der Waals surface area contributed by atoms with Crippen LogP contribution >= 0.6 is 0 Å². The molecule has 0 aliphatic carbocycles. The Morgan fingerprint density at radius 2 is 1.88 bits per heavy atom. The number of benzene rings is 1. The summed E-state index contributed by atoms with van der Waals surface area (Å²) in [6, 6.07) is 8.88. The molecule has 0 fully saturated rings. The molecule has 1 aromatic carbocycles. The van der Waals surface area contributed by atoms with E-state index in [9.17, 15) is 0 Å². The second kappa shape index (κ2) is 6.49. The van der Waals surface area contributed by atoms with Gasteiger partial charge in [-0.2, -0.15) is 0 Å². The molecular formula is C15H23N. The third kappa shape index (κ3) is 4.63. The lowest BCUT2D eigenvalue weighted by Gasteiger charge is -2.05. The molecule has 1 aromatic rings. The summed E-state index contributed by atoms with van der Waals surface area (Å²) in [4.78, 5) is 0. The van der Waals surface area contributed by atoms with E-state index in [1.54, 1.807) is 0 Å². The van der Waals surface area contributed by atoms with E-state index in [4.69, 9.17) is 0 Å². The van der Waals surface area contributed by atoms with Crippen molar-refractivity contribution in [2.24, 2.45) is 5.92 Å². The first kappa shape index (κ1) is 13.0. The van der Waals surface area contributed by atoms with Gasteiger partial charge in [0.2, 0.25) is 0 Å². The fourth-order valence-electron chi connectivity index (χ4n) is 1.84. The molecule has 1 heteroatoms. The normalized spacial score (nSPS) is 12.2. The average Bonchev–Trinajstić information content (AvgIpc) is 2.20. The van der Waals surface area contributed by atoms with Crippen molar-refractivity contribution in [2.45, 2.75) is 27.2 Å². The molecule has 1 rings (SSSR count). The third-order valence-electron chi connectivity index (χ3n) is 2.49. The predicted molar refractivity (Wildman–Crippen MR) is 72.6 cm³/mol. The number of nitrogens with one attached hydrogen (secondary N) is 1. The summed E-state index contributed by atoms with van der Waals surface area (Å²) in [6.07, 6.45) is 3.40. The molecule has 0 bridgehead atoms. The quantitative estimate of drug-likeness (QED) is 0.796. The third-order valence-corrected chi connectivity index (χ3v) is 2.49. The lowest BCUT2D eigenvalue weighted by molar-refractivity contribution is 0.647. The van der Waals surface area contributed by atoms with E-state index in [0.29, 0.717) is 0 Å². The smallest absolute Gasteiger partial charge is 0.0162 e. The summed E-state index contributed by atoms with van der Waals surface area (Å²) in [5, 5.41) is 3.16. The van der Waals surface area contributed by atoms with Crippen LogP contribution < -0.4 is 5.32 Å². The molecule has 16 heavy (non-hydrogen) atoms. The fourth-order valence-corrected chi connectivity index (χ4v) is 1.84. The zero-order valence-electron chi connectivity index (χ0n) is 10.9. The van der Waals surface area contributed by atoms with E-state index >= 15 is 0 Å². The molecule has 0 aromatic heterocycles. The van der Waals surface area contributed by atoms with Gasteiger partial charge >= 0.3 is 0 Å². The Kier molecular flexibility index (Phi) is 5.27. The van der Waals surface area contributed by atoms with Crippen molar-refractivity contribution in [1.82, 2.24) is 5.32 Å². The van der Waals surface area contributed by atoms with Crippen molar-refractivity contribution >= 4 is 6.08 Å². The van der Waals surface area contributed by atoms with Crippen molar-refractivity contribution < 1.29 is 0 Å². The van der Waals surface area contributed by atoms with Gasteiger partial charge in [0.05, 0.1) is 0 Å². The minimum atomic E-state index is 0.729. The van der Waals surface area contributed by atoms with Gasteiger partial charge in [0.25, 0.3) is 0 Å². The van der Waals surface area contributed by atoms with Crippen LogP contribution in [0.15, 0.2) is 29.8 Å². The highest BCUT2D eigenvalue weighted by molar-refractivity contribution is 5.53. The zero-order chi connectivity index (χ0) is 12.0. The fraction of sp³-hybridized carbons (Fsp3) is 0.467. The van der Waals surface area contributed by atoms with Crippen LogP contribution in [0.2, 0.25) is 0 Å². The van der Waals surface area contributed by atoms with Gasteiger partial charge in [0, 0.05) is 6.54 Å². The SMILES string of the molecule is CNCC(C)=Cc1ccc(CC(C)C)cc1. The zero-order valence-corrected chi connectivity index (χ0v) is 10.9. The summed E-state index contributed by atoms with van der Waals surface area (Å²) >= 11 is 0. The van der Waals surface area contributed by atoms with E-state index < -0.39 is 0 Å². The molecule has 0 saturated carbocycles. The van der Waals surface area contributed by atoms with E-state index in [1.807, 2.05) is 7.05 Å². The molecule has 0 spiro atoms. The van der Waals surface area contributed by atoms with Crippen LogP contribution in [0.1, 0.15) is 31.9 Å². The molecular weight excluding hydrogens is 194 g/mol. The molecule has 0 radical (unpaired) electrons. The van der Waals surface area contributed by atoms with Crippen molar-refractivity contribution in [2.75, 3.05) is 13.6 Å². The number of rotatable bonds is 5. The summed E-state index contributed by atoms with van der Waals surface area (Å²) in [5.74, 6) is 0.729. The lowest BCUT2D eigenvalue weighted by atomic mass is 10.0. The maximum absolute atomic E-state index is 3.16. The van der Waals surface area contributed by atoms with Crippen LogP contribution in [-0.2, 0) is 6.42 Å². The Morgan fingerprint density at radius 3 is 2.38 bits per heavy atom. The van der Waals surface area contributed by atoms with Crippen molar-refractivity contribution in [3.8, 4) is 0 Å². The summed E-state index contributed by atoms with van der Waals surface area (Å²) in [6.45, 7) is 7.61. The molecule has 0 atom stereocenters. The minimum Gasteiger partial charge on any atom is -0.316 e. The van der Waals surface area contributed by atoms with Gasteiger partial charge in [-0.1, -0.05) is 49.8 Å². The monoisotopic (exact) mass is 217 g/mol. The van der Waals surface area contributed by atoms with Gasteiger partial charge in [0.1, 0.15) is 0 Å². The van der Waals surface area contributed by atoms with E-state index in [-0.39, 0.29) is 0 Å². The second-order valence-electron chi connectivity index (χ2n) is 4.86. The molecule has 88 valence electrons. The van der Waals surface area contributed by atoms with E-state index in [2.05, 4.69) is 56.4 Å². The molecule has 1 N–H and O–H groups in total. The Bertz CT molecular complexity index is 333. The van der Waals surface area contributed by atoms with Crippen LogP contribution in [0.4, 0.5) is 0 Å². The topological polar surface area (TPSA) is 12.0 Å². The molecule has 0 heterocycles. The van der Waals surface area contributed by atoms with Gasteiger partial charge in [-0.3, -0.25) is 0 Å². The average molecular weight is 217 g/mol. The van der Waals surface area contributed by atoms with Crippen LogP contribution in [0, 0.1) is 5.92 Å². The Labute approximate surface area is 99.6 Å². The number of likely N-dealkylation sites (N-methyl/N-ethyl adjacent to an activating group) is 1. The molecule has 1 nitrogen and oxygen atoms in total. The van der Waals surface area contributed by atoms with Gasteiger partial charge < -0.3 is 5.32 Å².